The van der Waals surface area contributed by atoms with Gasteiger partial charge in [0, 0.05) is 12.7 Å². The van der Waals surface area contributed by atoms with Gasteiger partial charge in [0.25, 0.3) is 11.8 Å². The van der Waals surface area contributed by atoms with Crippen LogP contribution in [0.2, 0.25) is 0 Å². The number of hydrogen-bond donors (Lipinski definition) is 2. The molecule has 0 aromatic heterocycles. The van der Waals surface area contributed by atoms with E-state index in [2.05, 4.69) is 10.7 Å². The van der Waals surface area contributed by atoms with Crippen molar-refractivity contribution in [2.24, 2.45) is 0 Å². The van der Waals surface area contributed by atoms with Crippen molar-refractivity contribution in [1.82, 2.24) is 15.8 Å². The number of imide groups is 1. The maximum absolute atomic E-state index is 13.1. The maximum Gasteiger partial charge on any atom is 0.344 e. The van der Waals surface area contributed by atoms with Gasteiger partial charge in [0.1, 0.15) is 5.54 Å². The Bertz CT molecular complexity index is 1150. The Morgan fingerprint density at radius 2 is 1.68 bits per heavy atom. The van der Waals surface area contributed by atoms with Gasteiger partial charge < -0.3 is 10.2 Å². The Morgan fingerprint density at radius 3 is 2.39 bits per heavy atom. The van der Waals surface area contributed by atoms with Crippen LogP contribution in [-0.4, -0.2) is 36.4 Å². The van der Waals surface area contributed by atoms with E-state index in [0.717, 1.165) is 21.5 Å². The highest BCUT2D eigenvalue weighted by atomic mass is 16.2. The first kappa shape index (κ1) is 20.4. The fraction of sp³-hybridized carbons (Fsp3) is 0.208. The fourth-order valence-corrected chi connectivity index (χ4v) is 3.92. The molecule has 1 saturated heterocycles. The molecule has 4 rings (SSSR count). The molecule has 1 atom stereocenters. The molecule has 0 bridgehead atoms. The third-order valence-electron chi connectivity index (χ3n) is 5.68. The maximum atomic E-state index is 13.1. The molecule has 31 heavy (non-hydrogen) atoms. The molecule has 4 amide bonds. The normalized spacial score (nSPS) is 18.2. The Balaban J connectivity index is 1.47. The Morgan fingerprint density at radius 1 is 1.00 bits per heavy atom. The first-order valence-corrected chi connectivity index (χ1v) is 10.2. The van der Waals surface area contributed by atoms with Crippen molar-refractivity contribution in [3.8, 4) is 0 Å². The van der Waals surface area contributed by atoms with E-state index in [-0.39, 0.29) is 6.54 Å². The number of nitrogens with zero attached hydrogens (tertiary/aromatic N) is 2. The summed E-state index contributed by atoms with van der Waals surface area (Å²) in [7, 11) is 1.79. The zero-order valence-corrected chi connectivity index (χ0v) is 17.5. The van der Waals surface area contributed by atoms with Crippen molar-refractivity contribution in [3.05, 3.63) is 78.4 Å². The number of urea groups is 1. The quantitative estimate of drug-likeness (QED) is 0.605. The van der Waals surface area contributed by atoms with Gasteiger partial charge in [-0.3, -0.25) is 15.0 Å². The number of anilines is 1. The molecule has 158 valence electrons. The van der Waals surface area contributed by atoms with E-state index in [0.29, 0.717) is 12.0 Å². The Hall–Kier alpha value is -3.87. The summed E-state index contributed by atoms with van der Waals surface area (Å²) in [5.41, 5.74) is 2.82. The van der Waals surface area contributed by atoms with Gasteiger partial charge in [-0.15, -0.1) is 0 Å². The highest BCUT2D eigenvalue weighted by Gasteiger charge is 2.52. The van der Waals surface area contributed by atoms with Crippen molar-refractivity contribution >= 4 is 34.3 Å². The zero-order valence-electron chi connectivity index (χ0n) is 17.5. The number of nitrogens with one attached hydrogen (secondary N) is 2. The lowest BCUT2D eigenvalue weighted by Gasteiger charge is -2.26. The van der Waals surface area contributed by atoms with Gasteiger partial charge in [-0.05, 0) is 34.9 Å². The van der Waals surface area contributed by atoms with Gasteiger partial charge in [0.05, 0.1) is 6.54 Å². The van der Waals surface area contributed by atoms with Gasteiger partial charge in [0.15, 0.2) is 0 Å². The smallest absolute Gasteiger partial charge is 0.344 e. The van der Waals surface area contributed by atoms with Crippen LogP contribution in [0, 0.1) is 0 Å². The fourth-order valence-electron chi connectivity index (χ4n) is 3.92. The average molecular weight is 416 g/mol. The monoisotopic (exact) mass is 416 g/mol. The minimum absolute atomic E-state index is 0.0140. The molecule has 1 aliphatic rings. The lowest BCUT2D eigenvalue weighted by Crippen LogP contribution is -2.50. The highest BCUT2D eigenvalue weighted by molar-refractivity contribution is 6.08. The minimum Gasteiger partial charge on any atom is -0.365 e. The Labute approximate surface area is 180 Å². The van der Waals surface area contributed by atoms with E-state index in [1.165, 1.54) is 0 Å². The van der Waals surface area contributed by atoms with Gasteiger partial charge >= 0.3 is 6.03 Å². The molecule has 0 radical (unpaired) electrons. The second-order valence-corrected chi connectivity index (χ2v) is 7.62. The predicted molar refractivity (Wildman–Crippen MR) is 119 cm³/mol. The summed E-state index contributed by atoms with van der Waals surface area (Å²) in [5.74, 6) is -0.952. The molecule has 3 aromatic rings. The SMILES string of the molecule is CC[C@]1(c2ccccc2)NC(=O)N(NC(=O)CN(C)c2ccc3ccccc3c2)C1=O. The van der Waals surface area contributed by atoms with E-state index >= 15 is 0 Å². The molecule has 7 nitrogen and oxygen atoms in total. The van der Waals surface area contributed by atoms with Gasteiger partial charge in [-0.2, -0.15) is 5.01 Å². The molecule has 7 heteroatoms. The average Bonchev–Trinajstić information content (AvgIpc) is 3.04. The van der Waals surface area contributed by atoms with Crippen LogP contribution in [-0.2, 0) is 15.1 Å². The number of hydrogen-bond acceptors (Lipinski definition) is 4. The number of likely N-dealkylation sites (N-methyl/N-ethyl adjacent to an activating group) is 1. The molecule has 1 aliphatic heterocycles. The summed E-state index contributed by atoms with van der Waals surface area (Å²) < 4.78 is 0. The predicted octanol–water partition coefficient (Wildman–Crippen LogP) is 3.16. The topological polar surface area (TPSA) is 81.8 Å². The van der Waals surface area contributed by atoms with Crippen molar-refractivity contribution < 1.29 is 14.4 Å². The number of carbonyl (C=O) groups is 3. The number of benzene rings is 3. The molecule has 3 aromatic carbocycles. The van der Waals surface area contributed by atoms with E-state index in [4.69, 9.17) is 0 Å². The van der Waals surface area contributed by atoms with E-state index in [9.17, 15) is 14.4 Å². The largest absolute Gasteiger partial charge is 0.365 e. The molecular weight excluding hydrogens is 392 g/mol. The van der Waals surface area contributed by atoms with Crippen molar-refractivity contribution in [1.29, 1.82) is 0 Å². The molecule has 1 heterocycles. The zero-order chi connectivity index (χ0) is 22.0. The molecule has 0 spiro atoms. The van der Waals surface area contributed by atoms with Crippen molar-refractivity contribution in [2.45, 2.75) is 18.9 Å². The highest BCUT2D eigenvalue weighted by Crippen LogP contribution is 2.31. The second kappa shape index (κ2) is 8.10. The van der Waals surface area contributed by atoms with Gasteiger partial charge in [0.2, 0.25) is 0 Å². The van der Waals surface area contributed by atoms with Crippen LogP contribution in [0.15, 0.2) is 72.8 Å². The summed E-state index contributed by atoms with van der Waals surface area (Å²) >= 11 is 0. The summed E-state index contributed by atoms with van der Waals surface area (Å²) in [6.07, 6.45) is 0.366. The van der Waals surface area contributed by atoms with Crippen LogP contribution in [0.3, 0.4) is 0 Å². The lowest BCUT2D eigenvalue weighted by molar-refractivity contribution is -0.139. The van der Waals surface area contributed by atoms with Gasteiger partial charge in [-0.1, -0.05) is 67.6 Å². The molecule has 0 aliphatic carbocycles. The molecule has 1 fully saturated rings. The summed E-state index contributed by atoms with van der Waals surface area (Å²) in [5, 5.41) is 5.72. The van der Waals surface area contributed by atoms with Crippen molar-refractivity contribution in [3.63, 3.8) is 0 Å². The molecular formula is C24H24N4O3. The first-order chi connectivity index (χ1) is 14.9. The van der Waals surface area contributed by atoms with Gasteiger partial charge in [-0.25, -0.2) is 4.79 Å². The number of fused-ring (bicyclic) bond motifs is 1. The second-order valence-electron chi connectivity index (χ2n) is 7.62. The van der Waals surface area contributed by atoms with Crippen LogP contribution < -0.4 is 15.6 Å². The van der Waals surface area contributed by atoms with Crippen LogP contribution in [0.1, 0.15) is 18.9 Å². The number of hydrazine groups is 1. The summed E-state index contributed by atoms with van der Waals surface area (Å²) in [6.45, 7) is 1.81. The molecule has 0 unspecified atom stereocenters. The van der Waals surface area contributed by atoms with E-state index in [1.54, 1.807) is 24.1 Å². The number of rotatable bonds is 6. The first-order valence-electron chi connectivity index (χ1n) is 10.2. The third-order valence-corrected chi connectivity index (χ3v) is 5.68. The van der Waals surface area contributed by atoms with E-state index in [1.807, 2.05) is 67.6 Å². The van der Waals surface area contributed by atoms with Crippen LogP contribution >= 0.6 is 0 Å². The van der Waals surface area contributed by atoms with Crippen LogP contribution in [0.4, 0.5) is 10.5 Å². The van der Waals surface area contributed by atoms with Crippen LogP contribution in [0.5, 0.6) is 0 Å². The van der Waals surface area contributed by atoms with Crippen molar-refractivity contribution in [2.75, 3.05) is 18.5 Å². The standard InChI is InChI=1S/C24H24N4O3/c1-3-24(19-11-5-4-6-12-19)22(30)28(23(31)25-24)26-21(29)16-27(2)20-14-13-17-9-7-8-10-18(17)15-20/h4-15H,3,16H2,1-2H3,(H,25,31)(H,26,29)/t24-/m1/s1. The van der Waals surface area contributed by atoms with E-state index < -0.39 is 23.4 Å². The summed E-state index contributed by atoms with van der Waals surface area (Å²) in [4.78, 5) is 40.1. The molecule has 0 saturated carbocycles. The number of carbonyl (C=O) groups excluding carboxylic acids is 3. The number of amides is 4. The third kappa shape index (κ3) is 3.70. The van der Waals surface area contributed by atoms with Crippen LogP contribution in [0.25, 0.3) is 10.8 Å². The summed E-state index contributed by atoms with van der Waals surface area (Å²) in [6, 6.07) is 22.3. The molecule has 2 N–H and O–H groups in total. The minimum atomic E-state index is -1.18. The lowest BCUT2D eigenvalue weighted by atomic mass is 9.87. The Kier molecular flexibility index (Phi) is 5.33.